The first-order valence-electron chi connectivity index (χ1n) is 5.15. The summed E-state index contributed by atoms with van der Waals surface area (Å²) in [4.78, 5) is 40.5. The molecule has 0 saturated carbocycles. The first-order chi connectivity index (χ1) is 9.87. The van der Waals surface area contributed by atoms with Gasteiger partial charge < -0.3 is 29.9 Å². The number of hydrogen-bond acceptors (Lipinski definition) is 8. The van der Waals surface area contributed by atoms with Crippen molar-refractivity contribution in [2.24, 2.45) is 0 Å². The first-order valence-corrected chi connectivity index (χ1v) is 5.15. The molecule has 4 N–H and O–H groups in total. The first kappa shape index (κ1) is 27.6. The van der Waals surface area contributed by atoms with Crippen LogP contribution in [0.4, 0.5) is 0 Å². The Morgan fingerprint density at radius 2 is 0.909 bits per heavy atom. The Balaban J connectivity index is -0.000000127. The molecule has 0 aromatic rings. The van der Waals surface area contributed by atoms with Crippen molar-refractivity contribution in [2.75, 3.05) is 28.4 Å². The van der Waals surface area contributed by atoms with Gasteiger partial charge in [0.1, 0.15) is 0 Å². The molecule has 0 radical (unpaired) electrons. The lowest BCUT2D eigenvalue weighted by Gasteiger charge is -1.89. The summed E-state index contributed by atoms with van der Waals surface area (Å²) in [7, 11) is 4.63. The molecule has 0 aliphatic rings. The number of ether oxygens (including phenoxy) is 3. The van der Waals surface area contributed by atoms with E-state index < -0.39 is 23.9 Å². The second-order valence-electron chi connectivity index (χ2n) is 2.57. The predicted octanol–water partition coefficient (Wildman–Crippen LogP) is -1.53. The standard InChI is InChI=1S/C6H8O4.C5H6O4.CH4O.H2O/c1-9-5(7)3-4-6(8)10-2;1-9-5(8)3-2-4(6)7;1-2;/h3-4H,1-2H3;2-3H,1H3,(H,6,7);2H,1H3;1H2/b4-3-;3-2-;;. The van der Waals surface area contributed by atoms with Gasteiger partial charge in [-0.2, -0.15) is 0 Å². The van der Waals surface area contributed by atoms with Gasteiger partial charge >= 0.3 is 23.9 Å². The summed E-state index contributed by atoms with van der Waals surface area (Å²) in [5, 5.41) is 15.0. The topological polar surface area (TPSA) is 168 Å². The summed E-state index contributed by atoms with van der Waals surface area (Å²) in [5.74, 6) is -2.99. The van der Waals surface area contributed by atoms with Gasteiger partial charge in [-0.25, -0.2) is 19.2 Å². The van der Waals surface area contributed by atoms with Crippen LogP contribution < -0.4 is 0 Å². The van der Waals surface area contributed by atoms with Gasteiger partial charge in [0.2, 0.25) is 0 Å². The average molecular weight is 324 g/mol. The van der Waals surface area contributed by atoms with E-state index in [2.05, 4.69) is 14.2 Å². The second-order valence-corrected chi connectivity index (χ2v) is 2.57. The minimum absolute atomic E-state index is 0. The van der Waals surface area contributed by atoms with E-state index in [4.69, 9.17) is 10.2 Å². The predicted molar refractivity (Wildman–Crippen MR) is 73.7 cm³/mol. The summed E-state index contributed by atoms with van der Waals surface area (Å²) in [6, 6.07) is 0. The lowest BCUT2D eigenvalue weighted by Crippen LogP contribution is -1.98. The van der Waals surface area contributed by atoms with Crippen molar-refractivity contribution in [3.63, 3.8) is 0 Å². The molecule has 22 heavy (non-hydrogen) atoms. The van der Waals surface area contributed by atoms with E-state index in [0.717, 1.165) is 25.3 Å². The van der Waals surface area contributed by atoms with Crippen molar-refractivity contribution in [3.8, 4) is 0 Å². The Bertz CT molecular complexity index is 365. The number of carboxylic acid groups (broad SMARTS) is 1. The van der Waals surface area contributed by atoms with Gasteiger partial charge in [0.15, 0.2) is 0 Å². The highest BCUT2D eigenvalue weighted by atomic mass is 16.5. The number of carboxylic acids is 1. The van der Waals surface area contributed by atoms with Gasteiger partial charge in [0.25, 0.3) is 0 Å². The zero-order valence-corrected chi connectivity index (χ0v) is 12.6. The van der Waals surface area contributed by atoms with Crippen LogP contribution >= 0.6 is 0 Å². The molecule has 0 spiro atoms. The quantitative estimate of drug-likeness (QED) is 0.354. The molecular weight excluding hydrogens is 304 g/mol. The van der Waals surface area contributed by atoms with Crippen LogP contribution in [0, 0.1) is 0 Å². The number of methoxy groups -OCH3 is 3. The number of aliphatic carboxylic acids is 1. The average Bonchev–Trinajstić information content (AvgIpc) is 2.52. The number of hydrogen-bond donors (Lipinski definition) is 2. The van der Waals surface area contributed by atoms with Gasteiger partial charge in [0, 0.05) is 31.4 Å². The molecule has 0 aliphatic carbocycles. The zero-order chi connectivity index (χ0) is 17.3. The van der Waals surface area contributed by atoms with Crippen molar-refractivity contribution in [1.82, 2.24) is 0 Å². The van der Waals surface area contributed by atoms with E-state index in [0.29, 0.717) is 6.08 Å². The van der Waals surface area contributed by atoms with Gasteiger partial charge in [-0.3, -0.25) is 0 Å². The molecule has 0 rings (SSSR count). The van der Waals surface area contributed by atoms with Gasteiger partial charge in [0.05, 0.1) is 21.3 Å². The molecule has 0 fully saturated rings. The molecule has 128 valence electrons. The fourth-order valence-corrected chi connectivity index (χ4v) is 0.480. The monoisotopic (exact) mass is 324 g/mol. The number of esters is 3. The Morgan fingerprint density at radius 1 is 0.682 bits per heavy atom. The van der Waals surface area contributed by atoms with E-state index in [9.17, 15) is 19.2 Å². The normalized spacial score (nSPS) is 8.41. The lowest BCUT2D eigenvalue weighted by molar-refractivity contribution is -0.137. The van der Waals surface area contributed by atoms with Crippen molar-refractivity contribution in [2.45, 2.75) is 0 Å². The van der Waals surface area contributed by atoms with E-state index in [1.807, 2.05) is 0 Å². The third kappa shape index (κ3) is 26.0. The van der Waals surface area contributed by atoms with E-state index in [-0.39, 0.29) is 5.48 Å². The molecule has 10 heteroatoms. The molecule has 0 aliphatic heterocycles. The van der Waals surface area contributed by atoms with E-state index in [1.54, 1.807) is 0 Å². The fourth-order valence-electron chi connectivity index (χ4n) is 0.480. The van der Waals surface area contributed by atoms with Crippen LogP contribution in [0.25, 0.3) is 0 Å². The summed E-state index contributed by atoms with van der Waals surface area (Å²) < 4.78 is 12.5. The molecule has 0 bridgehead atoms. The highest BCUT2D eigenvalue weighted by Crippen LogP contribution is 1.80. The largest absolute Gasteiger partial charge is 0.478 e. The van der Waals surface area contributed by atoms with E-state index >= 15 is 0 Å². The fraction of sp³-hybridized carbons (Fsp3) is 0.333. The van der Waals surface area contributed by atoms with Crippen molar-refractivity contribution >= 4 is 23.9 Å². The van der Waals surface area contributed by atoms with Crippen LogP contribution in [-0.2, 0) is 33.4 Å². The minimum Gasteiger partial charge on any atom is -0.478 e. The summed E-state index contributed by atoms with van der Waals surface area (Å²) in [6.07, 6.45) is 3.53. The van der Waals surface area contributed by atoms with Crippen LogP contribution in [0.15, 0.2) is 24.3 Å². The number of carbonyl (C=O) groups is 4. The lowest BCUT2D eigenvalue weighted by atomic mass is 10.5. The number of rotatable bonds is 4. The maximum Gasteiger partial charge on any atom is 0.330 e. The summed E-state index contributed by atoms with van der Waals surface area (Å²) >= 11 is 0. The third-order valence-electron chi connectivity index (χ3n) is 1.32. The third-order valence-corrected chi connectivity index (χ3v) is 1.32. The Hall–Kier alpha value is -2.72. The van der Waals surface area contributed by atoms with Crippen LogP contribution in [0.2, 0.25) is 0 Å². The molecule has 0 atom stereocenters. The van der Waals surface area contributed by atoms with Crippen molar-refractivity contribution < 1.29 is 49.1 Å². The van der Waals surface area contributed by atoms with Crippen LogP contribution in [-0.4, -0.2) is 68.0 Å². The number of aliphatic hydroxyl groups is 1. The zero-order valence-electron chi connectivity index (χ0n) is 12.6. The smallest absolute Gasteiger partial charge is 0.330 e. The molecule has 0 unspecified atom stereocenters. The maximum atomic E-state index is 10.3. The second kappa shape index (κ2) is 20.6. The molecule has 0 saturated heterocycles. The van der Waals surface area contributed by atoms with Gasteiger partial charge in [-0.1, -0.05) is 0 Å². The Morgan fingerprint density at radius 3 is 1.09 bits per heavy atom. The van der Waals surface area contributed by atoms with E-state index in [1.165, 1.54) is 21.3 Å². The highest BCUT2D eigenvalue weighted by Gasteiger charge is 1.94. The Labute approximate surface area is 126 Å². The highest BCUT2D eigenvalue weighted by molar-refractivity contribution is 5.91. The number of aliphatic hydroxyl groups excluding tert-OH is 1. The van der Waals surface area contributed by atoms with Crippen LogP contribution in [0.5, 0.6) is 0 Å². The van der Waals surface area contributed by atoms with Crippen molar-refractivity contribution in [3.05, 3.63) is 24.3 Å². The Kier molecular flexibility index (Phi) is 25.8. The van der Waals surface area contributed by atoms with Crippen LogP contribution in [0.3, 0.4) is 0 Å². The molecule has 0 aromatic heterocycles. The molecular formula is C12H20O10. The van der Waals surface area contributed by atoms with Crippen molar-refractivity contribution in [1.29, 1.82) is 0 Å². The molecule has 10 nitrogen and oxygen atoms in total. The molecule has 0 aromatic carbocycles. The summed E-state index contributed by atoms with van der Waals surface area (Å²) in [5.41, 5.74) is 0. The molecule has 0 amide bonds. The summed E-state index contributed by atoms with van der Waals surface area (Å²) in [6.45, 7) is 0. The van der Waals surface area contributed by atoms with Gasteiger partial charge in [-0.15, -0.1) is 0 Å². The minimum atomic E-state index is -1.17. The SMILES string of the molecule is CO.COC(=O)/C=C\C(=O)O.COC(=O)/C=C\C(=O)OC.O. The molecule has 0 heterocycles. The van der Waals surface area contributed by atoms with Gasteiger partial charge in [-0.05, 0) is 0 Å². The number of carbonyl (C=O) groups excluding carboxylic acids is 3. The maximum absolute atomic E-state index is 10.3. The van der Waals surface area contributed by atoms with Crippen LogP contribution in [0.1, 0.15) is 0 Å².